The summed E-state index contributed by atoms with van der Waals surface area (Å²) in [5.41, 5.74) is 0.839. The molecule has 2 atom stereocenters. The Balaban J connectivity index is 2.59. The maximum absolute atomic E-state index is 9.38. The summed E-state index contributed by atoms with van der Waals surface area (Å²) in [6.45, 7) is 1.59. The molecule has 2 unspecified atom stereocenters. The summed E-state index contributed by atoms with van der Waals surface area (Å²) in [6, 6.07) is 0. The second kappa shape index (κ2) is 3.69. The molecule has 1 aliphatic rings. The number of hydrogen-bond donors (Lipinski definition) is 2. The standard InChI is InChI=1S/C9H14O2/c1-7(10)9(11)8-5-3-2-4-6-8/h3,5-7,9-11H,2,4H2,1H3. The molecule has 2 nitrogen and oxygen atoms in total. The summed E-state index contributed by atoms with van der Waals surface area (Å²) in [7, 11) is 0. The van der Waals surface area contributed by atoms with E-state index in [1.54, 1.807) is 6.92 Å². The van der Waals surface area contributed by atoms with Gasteiger partial charge in [-0.3, -0.25) is 0 Å². The number of aliphatic hydroxyl groups excluding tert-OH is 2. The van der Waals surface area contributed by atoms with E-state index in [0.29, 0.717) is 0 Å². The first-order chi connectivity index (χ1) is 5.22. The van der Waals surface area contributed by atoms with Crippen LogP contribution < -0.4 is 0 Å². The monoisotopic (exact) mass is 154 g/mol. The first kappa shape index (κ1) is 8.50. The van der Waals surface area contributed by atoms with E-state index in [0.717, 1.165) is 18.4 Å². The van der Waals surface area contributed by atoms with E-state index in [4.69, 9.17) is 5.11 Å². The highest BCUT2D eigenvalue weighted by Gasteiger charge is 2.14. The number of allylic oxidation sites excluding steroid dienone is 2. The van der Waals surface area contributed by atoms with Crippen molar-refractivity contribution in [2.75, 3.05) is 0 Å². The first-order valence-corrected chi connectivity index (χ1v) is 3.94. The van der Waals surface area contributed by atoms with Crippen molar-refractivity contribution in [2.45, 2.75) is 32.0 Å². The van der Waals surface area contributed by atoms with Crippen LogP contribution in [0.4, 0.5) is 0 Å². The molecule has 0 spiro atoms. The highest BCUT2D eigenvalue weighted by Crippen LogP contribution is 2.15. The Kier molecular flexibility index (Phi) is 2.85. The third-order valence-corrected chi connectivity index (χ3v) is 1.82. The average Bonchev–Trinajstić information content (AvgIpc) is 2.05. The molecule has 0 radical (unpaired) electrons. The van der Waals surface area contributed by atoms with Crippen LogP contribution in [-0.4, -0.2) is 22.4 Å². The zero-order chi connectivity index (χ0) is 8.27. The molecule has 1 aliphatic carbocycles. The van der Waals surface area contributed by atoms with Gasteiger partial charge in [0.05, 0.1) is 6.10 Å². The smallest absolute Gasteiger partial charge is 0.104 e. The molecule has 11 heavy (non-hydrogen) atoms. The lowest BCUT2D eigenvalue weighted by molar-refractivity contribution is 0.0564. The number of hydrogen-bond acceptors (Lipinski definition) is 2. The molecular formula is C9H14O2. The van der Waals surface area contributed by atoms with Gasteiger partial charge in [-0.1, -0.05) is 18.2 Å². The summed E-state index contributed by atoms with van der Waals surface area (Å²) >= 11 is 0. The molecular weight excluding hydrogens is 140 g/mol. The maximum atomic E-state index is 9.38. The van der Waals surface area contributed by atoms with Crippen molar-refractivity contribution in [1.29, 1.82) is 0 Å². The van der Waals surface area contributed by atoms with E-state index in [9.17, 15) is 5.11 Å². The molecule has 0 aromatic carbocycles. The van der Waals surface area contributed by atoms with Crippen LogP contribution in [-0.2, 0) is 0 Å². The van der Waals surface area contributed by atoms with Gasteiger partial charge in [-0.25, -0.2) is 0 Å². The molecule has 0 saturated heterocycles. The lowest BCUT2D eigenvalue weighted by Gasteiger charge is -2.16. The molecule has 0 aromatic heterocycles. The summed E-state index contributed by atoms with van der Waals surface area (Å²) < 4.78 is 0. The van der Waals surface area contributed by atoms with Gasteiger partial charge in [-0.05, 0) is 25.3 Å². The van der Waals surface area contributed by atoms with Gasteiger partial charge < -0.3 is 10.2 Å². The predicted octanol–water partition coefficient (Wildman–Crippen LogP) is 1.00. The lowest BCUT2D eigenvalue weighted by Crippen LogP contribution is -2.24. The van der Waals surface area contributed by atoms with Crippen LogP contribution >= 0.6 is 0 Å². The quantitative estimate of drug-likeness (QED) is 0.623. The van der Waals surface area contributed by atoms with E-state index in [2.05, 4.69) is 0 Å². The summed E-state index contributed by atoms with van der Waals surface area (Å²) in [4.78, 5) is 0. The largest absolute Gasteiger partial charge is 0.390 e. The fraction of sp³-hybridized carbons (Fsp3) is 0.556. The van der Waals surface area contributed by atoms with Crippen LogP contribution in [0, 0.1) is 0 Å². The van der Waals surface area contributed by atoms with Crippen molar-refractivity contribution in [1.82, 2.24) is 0 Å². The van der Waals surface area contributed by atoms with Crippen molar-refractivity contribution < 1.29 is 10.2 Å². The Morgan fingerprint density at radius 2 is 2.09 bits per heavy atom. The Hall–Kier alpha value is -0.600. The van der Waals surface area contributed by atoms with Crippen LogP contribution in [0.3, 0.4) is 0 Å². The molecule has 0 saturated carbocycles. The fourth-order valence-corrected chi connectivity index (χ4v) is 1.13. The average molecular weight is 154 g/mol. The molecule has 2 heteroatoms. The van der Waals surface area contributed by atoms with E-state index in [1.165, 1.54) is 0 Å². The number of rotatable bonds is 2. The predicted molar refractivity (Wildman–Crippen MR) is 44.1 cm³/mol. The Labute approximate surface area is 66.9 Å². The summed E-state index contributed by atoms with van der Waals surface area (Å²) in [5.74, 6) is 0. The van der Waals surface area contributed by atoms with E-state index in [-0.39, 0.29) is 0 Å². The second-order valence-electron chi connectivity index (χ2n) is 2.87. The Bertz CT molecular complexity index is 180. The lowest BCUT2D eigenvalue weighted by atomic mass is 9.99. The third kappa shape index (κ3) is 2.17. The number of aliphatic hydroxyl groups is 2. The first-order valence-electron chi connectivity index (χ1n) is 3.94. The fourth-order valence-electron chi connectivity index (χ4n) is 1.13. The SMILES string of the molecule is CC(O)C(O)C1=CCCC=C1. The molecule has 0 aromatic rings. The van der Waals surface area contributed by atoms with Gasteiger partial charge in [-0.2, -0.15) is 0 Å². The van der Waals surface area contributed by atoms with Gasteiger partial charge in [0.15, 0.2) is 0 Å². The van der Waals surface area contributed by atoms with E-state index >= 15 is 0 Å². The minimum absolute atomic E-state index is 0.677. The van der Waals surface area contributed by atoms with Crippen molar-refractivity contribution >= 4 is 0 Å². The normalized spacial score (nSPS) is 22.6. The van der Waals surface area contributed by atoms with Crippen molar-refractivity contribution in [2.24, 2.45) is 0 Å². The van der Waals surface area contributed by atoms with Gasteiger partial charge in [0.1, 0.15) is 6.10 Å². The molecule has 1 rings (SSSR count). The van der Waals surface area contributed by atoms with E-state index in [1.807, 2.05) is 18.2 Å². The van der Waals surface area contributed by atoms with Crippen molar-refractivity contribution in [3.8, 4) is 0 Å². The molecule has 0 heterocycles. The summed E-state index contributed by atoms with van der Waals surface area (Å²) in [5, 5.41) is 18.4. The highest BCUT2D eigenvalue weighted by molar-refractivity contribution is 5.26. The molecule has 0 bridgehead atoms. The molecule has 62 valence electrons. The maximum Gasteiger partial charge on any atom is 0.104 e. The molecule has 0 fully saturated rings. The topological polar surface area (TPSA) is 40.5 Å². The van der Waals surface area contributed by atoms with Gasteiger partial charge in [0.25, 0.3) is 0 Å². The van der Waals surface area contributed by atoms with Crippen LogP contribution in [0.25, 0.3) is 0 Å². The molecule has 2 N–H and O–H groups in total. The van der Waals surface area contributed by atoms with E-state index < -0.39 is 12.2 Å². The minimum Gasteiger partial charge on any atom is -0.390 e. The van der Waals surface area contributed by atoms with Gasteiger partial charge in [0, 0.05) is 0 Å². The van der Waals surface area contributed by atoms with Gasteiger partial charge in [0.2, 0.25) is 0 Å². The van der Waals surface area contributed by atoms with Crippen molar-refractivity contribution in [3.05, 3.63) is 23.8 Å². The molecule has 0 amide bonds. The second-order valence-corrected chi connectivity index (χ2v) is 2.87. The van der Waals surface area contributed by atoms with Crippen LogP contribution in [0.15, 0.2) is 23.8 Å². The van der Waals surface area contributed by atoms with Gasteiger partial charge in [-0.15, -0.1) is 0 Å². The third-order valence-electron chi connectivity index (χ3n) is 1.82. The Morgan fingerprint density at radius 1 is 1.36 bits per heavy atom. The summed E-state index contributed by atoms with van der Waals surface area (Å²) in [6.07, 6.45) is 6.47. The van der Waals surface area contributed by atoms with Gasteiger partial charge >= 0.3 is 0 Å². The van der Waals surface area contributed by atoms with Crippen molar-refractivity contribution in [3.63, 3.8) is 0 Å². The minimum atomic E-state index is -0.716. The Morgan fingerprint density at radius 3 is 2.55 bits per heavy atom. The van der Waals surface area contributed by atoms with Crippen LogP contribution in [0.1, 0.15) is 19.8 Å². The van der Waals surface area contributed by atoms with Crippen LogP contribution in [0.5, 0.6) is 0 Å². The van der Waals surface area contributed by atoms with Crippen LogP contribution in [0.2, 0.25) is 0 Å². The molecule has 0 aliphatic heterocycles. The zero-order valence-corrected chi connectivity index (χ0v) is 6.70. The highest BCUT2D eigenvalue weighted by atomic mass is 16.3. The zero-order valence-electron chi connectivity index (χ0n) is 6.70.